The quantitative estimate of drug-likeness (QED) is 0.278. The number of non-ortho nitro benzene ring substituents is 1. The summed E-state index contributed by atoms with van der Waals surface area (Å²) in [5, 5.41) is 21.8. The second-order valence-electron chi connectivity index (χ2n) is 3.60. The van der Waals surface area contributed by atoms with Crippen LogP contribution in [0.25, 0.3) is 10.2 Å². The second kappa shape index (κ2) is 3.89. The number of nitrogens with two attached hydrogens (primary N) is 1. The summed E-state index contributed by atoms with van der Waals surface area (Å²) in [5.74, 6) is -1.11. The maximum absolute atomic E-state index is 11.9. The minimum atomic E-state index is -2.00. The molecule has 1 aromatic carbocycles. The van der Waals surface area contributed by atoms with E-state index in [0.29, 0.717) is 5.56 Å². The minimum Gasteiger partial charge on any atom is -0.614 e. The molecule has 1 amide bonds. The number of nitrogens with zero attached hydrogens (tertiary/aromatic N) is 2. The van der Waals surface area contributed by atoms with Gasteiger partial charge in [-0.1, -0.05) is 0 Å². The molecule has 0 aliphatic carbocycles. The van der Waals surface area contributed by atoms with E-state index in [0.717, 1.165) is 6.07 Å². The van der Waals surface area contributed by atoms with Gasteiger partial charge in [0.25, 0.3) is 15.9 Å². The van der Waals surface area contributed by atoms with E-state index < -0.39 is 26.6 Å². The van der Waals surface area contributed by atoms with E-state index in [1.807, 2.05) is 0 Å². The number of fused-ring (bicyclic) bond motifs is 1. The molecular formula is C9H7N3O5S. The van der Waals surface area contributed by atoms with Crippen LogP contribution in [0, 0.1) is 22.2 Å². The fourth-order valence-corrected chi connectivity index (χ4v) is 3.02. The molecule has 0 saturated heterocycles. The van der Waals surface area contributed by atoms with E-state index in [1.54, 1.807) is 0 Å². The summed E-state index contributed by atoms with van der Waals surface area (Å²) >= 11 is 0. The van der Waals surface area contributed by atoms with Gasteiger partial charge in [-0.05, 0) is 6.92 Å². The normalized spacial score (nSPS) is 11.8. The van der Waals surface area contributed by atoms with Crippen LogP contribution in [0.15, 0.2) is 12.1 Å². The van der Waals surface area contributed by atoms with Crippen molar-refractivity contribution in [3.8, 4) is 0 Å². The zero-order valence-corrected chi connectivity index (χ0v) is 9.89. The number of hydrogen-bond acceptors (Lipinski definition) is 5. The van der Waals surface area contributed by atoms with Crippen molar-refractivity contribution < 1.29 is 19.0 Å². The molecule has 1 atom stereocenters. The van der Waals surface area contributed by atoms with Crippen molar-refractivity contribution in [2.75, 3.05) is 0 Å². The lowest BCUT2D eigenvalue weighted by Gasteiger charge is -1.93. The number of carbonyl (C=O) groups is 1. The third-order valence-electron chi connectivity index (χ3n) is 2.43. The fourth-order valence-electron chi connectivity index (χ4n) is 1.71. The maximum atomic E-state index is 11.9. The van der Waals surface area contributed by atoms with Gasteiger partial charge in [-0.15, -0.1) is 4.73 Å². The van der Waals surface area contributed by atoms with Crippen molar-refractivity contribution >= 4 is 32.6 Å². The van der Waals surface area contributed by atoms with Gasteiger partial charge in [0.2, 0.25) is 0 Å². The number of primary amides is 1. The minimum absolute atomic E-state index is 0.0874. The molecule has 1 aromatic heterocycles. The molecule has 0 spiro atoms. The zero-order chi connectivity index (χ0) is 13.6. The summed E-state index contributed by atoms with van der Waals surface area (Å²) in [6, 6.07) is 2.16. The Morgan fingerprint density at radius 3 is 2.61 bits per heavy atom. The van der Waals surface area contributed by atoms with Crippen LogP contribution in [0.2, 0.25) is 0 Å². The predicted octanol–water partition coefficient (Wildman–Crippen LogP) is 0.516. The van der Waals surface area contributed by atoms with Crippen LogP contribution in [0.3, 0.4) is 0 Å². The Hall–Kier alpha value is -2.26. The zero-order valence-electron chi connectivity index (χ0n) is 9.08. The van der Waals surface area contributed by atoms with Gasteiger partial charge in [0.1, 0.15) is 0 Å². The highest BCUT2D eigenvalue weighted by atomic mass is 32.2. The average Bonchev–Trinajstić information content (AvgIpc) is 2.51. The van der Waals surface area contributed by atoms with Gasteiger partial charge in [0.15, 0.2) is 0 Å². The number of aryl methyl sites for hydroxylation is 1. The summed E-state index contributed by atoms with van der Waals surface area (Å²) in [6.07, 6.45) is 0. The van der Waals surface area contributed by atoms with Gasteiger partial charge in [-0.3, -0.25) is 14.9 Å². The molecule has 1 heterocycles. The molecule has 0 bridgehead atoms. The van der Waals surface area contributed by atoms with Crippen LogP contribution in [0.4, 0.5) is 5.69 Å². The van der Waals surface area contributed by atoms with E-state index in [2.05, 4.69) is 0 Å². The van der Waals surface area contributed by atoms with Crippen LogP contribution in [0.5, 0.6) is 0 Å². The molecule has 1 unspecified atom stereocenters. The molecule has 2 rings (SSSR count). The molecule has 0 aliphatic heterocycles. The van der Waals surface area contributed by atoms with Crippen LogP contribution in [0.1, 0.15) is 15.4 Å². The van der Waals surface area contributed by atoms with Gasteiger partial charge in [-0.25, -0.2) is 0 Å². The van der Waals surface area contributed by atoms with Crippen molar-refractivity contribution in [3.05, 3.63) is 38.0 Å². The maximum Gasteiger partial charge on any atom is 0.481 e. The Morgan fingerprint density at radius 2 is 2.11 bits per heavy atom. The molecule has 0 fully saturated rings. The summed E-state index contributed by atoms with van der Waals surface area (Å²) in [5.41, 5.74) is 4.78. The Bertz CT molecular complexity index is 693. The monoisotopic (exact) mass is 269 g/mol. The number of nitro groups is 1. The molecule has 18 heavy (non-hydrogen) atoms. The Labute approximate surface area is 103 Å². The number of benzene rings is 1. The number of hydrogen-bond donors (Lipinski definition) is 1. The SMILES string of the molecule is Cc1cc([N+](=O)[O-])cc2c1[s+]([O-])c(C(N)=O)[n+]2[O-]. The van der Waals surface area contributed by atoms with Crippen molar-refractivity contribution in [3.63, 3.8) is 0 Å². The van der Waals surface area contributed by atoms with Crippen LogP contribution in [-0.2, 0) is 0 Å². The number of thiazole rings is 1. The fraction of sp³-hybridized carbons (Fsp3) is 0.111. The van der Waals surface area contributed by atoms with E-state index in [1.165, 1.54) is 13.0 Å². The van der Waals surface area contributed by atoms with Gasteiger partial charge in [-0.2, -0.15) is 0 Å². The van der Waals surface area contributed by atoms with Gasteiger partial charge >= 0.3 is 10.9 Å². The lowest BCUT2D eigenvalue weighted by Crippen LogP contribution is -2.34. The Balaban J connectivity index is 2.94. The highest BCUT2D eigenvalue weighted by molar-refractivity contribution is 7.32. The number of rotatable bonds is 2. The van der Waals surface area contributed by atoms with Gasteiger partial charge < -0.3 is 15.5 Å². The van der Waals surface area contributed by atoms with Gasteiger partial charge in [0.05, 0.1) is 11.0 Å². The molecule has 2 aromatic rings. The number of aromatic nitrogens is 1. The lowest BCUT2D eigenvalue weighted by molar-refractivity contribution is -0.574. The summed E-state index contributed by atoms with van der Waals surface area (Å²) in [4.78, 5) is 21.0. The van der Waals surface area contributed by atoms with Crippen LogP contribution in [-0.4, -0.2) is 15.4 Å². The topological polar surface area (TPSA) is 136 Å². The molecule has 8 nitrogen and oxygen atoms in total. The summed E-state index contributed by atoms with van der Waals surface area (Å²) in [6.45, 7) is 1.47. The summed E-state index contributed by atoms with van der Waals surface area (Å²) in [7, 11) is -2.00. The molecule has 94 valence electrons. The Kier molecular flexibility index (Phi) is 2.64. The molecule has 9 heteroatoms. The van der Waals surface area contributed by atoms with Crippen molar-refractivity contribution in [2.45, 2.75) is 6.92 Å². The van der Waals surface area contributed by atoms with Crippen LogP contribution >= 0.6 is 10.8 Å². The number of nitro benzene ring substituents is 1. The average molecular weight is 269 g/mol. The molecular weight excluding hydrogens is 262 g/mol. The summed E-state index contributed by atoms with van der Waals surface area (Å²) < 4.78 is 12.1. The third-order valence-corrected chi connectivity index (χ3v) is 4.05. The molecule has 2 N–H and O–H groups in total. The van der Waals surface area contributed by atoms with Gasteiger partial charge in [0, 0.05) is 22.4 Å². The standard InChI is InChI=1S/C9H7N3O5S/c1-4-2-5(12(15)16)3-6-7(4)18(17)9(8(10)13)11(6)14/h2-3H,1H3,(H2,10,13). The molecule has 0 radical (unpaired) electrons. The number of amides is 1. The predicted molar refractivity (Wildman–Crippen MR) is 61.5 cm³/mol. The first-order chi connectivity index (χ1) is 8.34. The highest BCUT2D eigenvalue weighted by Gasteiger charge is 2.35. The van der Waals surface area contributed by atoms with E-state index in [4.69, 9.17) is 5.73 Å². The Morgan fingerprint density at radius 1 is 1.50 bits per heavy atom. The first-order valence-electron chi connectivity index (χ1n) is 4.69. The van der Waals surface area contributed by atoms with E-state index in [-0.39, 0.29) is 20.6 Å². The second-order valence-corrected chi connectivity index (χ2v) is 4.93. The van der Waals surface area contributed by atoms with Crippen molar-refractivity contribution in [1.29, 1.82) is 0 Å². The van der Waals surface area contributed by atoms with Crippen molar-refractivity contribution in [1.82, 2.24) is 0 Å². The first-order valence-corrected chi connectivity index (χ1v) is 5.84. The molecule has 0 saturated carbocycles. The largest absolute Gasteiger partial charge is 0.614 e. The first kappa shape index (κ1) is 12.2. The third kappa shape index (κ3) is 1.57. The number of carbonyl (C=O) groups excluding carboxylic acids is 1. The van der Waals surface area contributed by atoms with Crippen LogP contribution < -0.4 is 10.5 Å². The van der Waals surface area contributed by atoms with E-state index in [9.17, 15) is 24.7 Å². The van der Waals surface area contributed by atoms with E-state index >= 15 is 0 Å². The van der Waals surface area contributed by atoms with Crippen molar-refractivity contribution in [2.24, 2.45) is 5.73 Å². The smallest absolute Gasteiger partial charge is 0.481 e. The lowest BCUT2D eigenvalue weighted by atomic mass is 10.2. The highest BCUT2D eigenvalue weighted by Crippen LogP contribution is 2.34. The molecule has 0 aliphatic rings.